The zero-order chi connectivity index (χ0) is 25.4. The molecule has 174 valence electrons. The monoisotopic (exact) mass is 468 g/mol. The quantitative estimate of drug-likeness (QED) is 0.329. The summed E-state index contributed by atoms with van der Waals surface area (Å²) in [5.74, 6) is -0.377. The molecule has 0 spiro atoms. The fourth-order valence-electron chi connectivity index (χ4n) is 3.85. The minimum absolute atomic E-state index is 0.0487. The van der Waals surface area contributed by atoms with Gasteiger partial charge in [0, 0.05) is 29.0 Å². The lowest BCUT2D eigenvalue weighted by Gasteiger charge is -2.15. The number of aryl methyl sites for hydroxylation is 1. The molecule has 10 heteroatoms. The summed E-state index contributed by atoms with van der Waals surface area (Å²) in [6.07, 6.45) is 1.63. The molecule has 1 aliphatic heterocycles. The first-order chi connectivity index (χ1) is 16.6. The van der Waals surface area contributed by atoms with Crippen LogP contribution in [0, 0.1) is 35.3 Å². The second-order valence-electron chi connectivity index (χ2n) is 7.98. The van der Waals surface area contributed by atoms with Crippen molar-refractivity contribution >= 4 is 34.9 Å². The van der Waals surface area contributed by atoms with Gasteiger partial charge in [-0.2, -0.15) is 15.4 Å². The van der Waals surface area contributed by atoms with Gasteiger partial charge in [0.1, 0.15) is 23.2 Å². The number of nitrogen functional groups attached to an aromatic ring is 1. The number of nitrogens with zero attached hydrogens (tertiary/aromatic N) is 5. The molecule has 2 aromatic carbocycles. The third-order valence-corrected chi connectivity index (χ3v) is 5.79. The Morgan fingerprint density at radius 1 is 1.17 bits per heavy atom. The summed E-state index contributed by atoms with van der Waals surface area (Å²) >= 11 is 0. The molecule has 0 saturated carbocycles. The van der Waals surface area contributed by atoms with E-state index in [1.54, 1.807) is 39.0 Å². The molecule has 0 fully saturated rings. The summed E-state index contributed by atoms with van der Waals surface area (Å²) in [5, 5.41) is 36.6. The standard InChI is InChI=1S/C25H20N6O4/c1-13-14(2)28-24(27)21(12-26)23(13)20-11-16(4-9-22(20)32)10-19-15(3)29-30(25(19)33)17-5-7-18(8-6-17)31(34)35/h4-11,32H,1-3H3,(H2,27,28). The predicted octanol–water partition coefficient (Wildman–Crippen LogP) is 4.24. The van der Waals surface area contributed by atoms with Gasteiger partial charge in [-0.1, -0.05) is 6.07 Å². The van der Waals surface area contributed by atoms with Gasteiger partial charge in [0.2, 0.25) is 0 Å². The van der Waals surface area contributed by atoms with Crippen LogP contribution in [0.5, 0.6) is 5.75 Å². The minimum atomic E-state index is -0.519. The average molecular weight is 468 g/mol. The van der Waals surface area contributed by atoms with Crippen molar-refractivity contribution < 1.29 is 14.8 Å². The smallest absolute Gasteiger partial charge is 0.280 e. The van der Waals surface area contributed by atoms with Crippen LogP contribution < -0.4 is 10.7 Å². The molecule has 0 unspecified atom stereocenters. The molecular formula is C25H20N6O4. The summed E-state index contributed by atoms with van der Waals surface area (Å²) in [5.41, 5.74) is 10.0. The van der Waals surface area contributed by atoms with Gasteiger partial charge >= 0.3 is 0 Å². The lowest BCUT2D eigenvalue weighted by molar-refractivity contribution is -0.384. The highest BCUT2D eigenvalue weighted by Gasteiger charge is 2.29. The van der Waals surface area contributed by atoms with Gasteiger partial charge < -0.3 is 10.8 Å². The second kappa shape index (κ2) is 8.72. The number of phenolic OH excluding ortho intramolecular Hbond substituents is 1. The van der Waals surface area contributed by atoms with E-state index in [9.17, 15) is 25.3 Å². The number of nitro benzene ring substituents is 1. The summed E-state index contributed by atoms with van der Waals surface area (Å²) in [4.78, 5) is 27.7. The van der Waals surface area contributed by atoms with Crippen molar-refractivity contribution in [2.45, 2.75) is 20.8 Å². The van der Waals surface area contributed by atoms with E-state index in [1.165, 1.54) is 35.3 Å². The lowest BCUT2D eigenvalue weighted by Crippen LogP contribution is -2.21. The normalized spacial score (nSPS) is 14.2. The number of aromatic hydroxyl groups is 1. The lowest BCUT2D eigenvalue weighted by atomic mass is 9.92. The summed E-state index contributed by atoms with van der Waals surface area (Å²) < 4.78 is 0. The third-order valence-electron chi connectivity index (χ3n) is 5.79. The third kappa shape index (κ3) is 4.06. The number of anilines is 2. The average Bonchev–Trinajstić information content (AvgIpc) is 3.11. The van der Waals surface area contributed by atoms with E-state index in [0.717, 1.165) is 0 Å². The Balaban J connectivity index is 1.75. The number of hydrogen-bond donors (Lipinski definition) is 2. The Morgan fingerprint density at radius 2 is 1.86 bits per heavy atom. The van der Waals surface area contributed by atoms with Gasteiger partial charge in [-0.3, -0.25) is 14.9 Å². The van der Waals surface area contributed by atoms with Gasteiger partial charge in [0.05, 0.1) is 21.9 Å². The fraction of sp³-hybridized carbons (Fsp3) is 0.120. The summed E-state index contributed by atoms with van der Waals surface area (Å²) in [6.45, 7) is 5.24. The molecular weight excluding hydrogens is 448 g/mol. The Labute approximate surface area is 200 Å². The van der Waals surface area contributed by atoms with Crippen LogP contribution in [-0.4, -0.2) is 26.6 Å². The van der Waals surface area contributed by atoms with E-state index in [1.807, 2.05) is 0 Å². The number of carbonyl (C=O) groups is 1. The van der Waals surface area contributed by atoms with Crippen molar-refractivity contribution in [3.63, 3.8) is 0 Å². The minimum Gasteiger partial charge on any atom is -0.507 e. The van der Waals surface area contributed by atoms with E-state index in [4.69, 9.17) is 5.73 Å². The van der Waals surface area contributed by atoms with Crippen molar-refractivity contribution in [3.8, 4) is 22.9 Å². The molecule has 3 aromatic rings. The Morgan fingerprint density at radius 3 is 2.49 bits per heavy atom. The van der Waals surface area contributed by atoms with Gasteiger partial charge in [0.25, 0.3) is 11.6 Å². The number of pyridine rings is 1. The van der Waals surface area contributed by atoms with Crippen molar-refractivity contribution in [1.82, 2.24) is 4.98 Å². The first kappa shape index (κ1) is 23.1. The van der Waals surface area contributed by atoms with Crippen molar-refractivity contribution in [1.29, 1.82) is 5.26 Å². The highest BCUT2D eigenvalue weighted by molar-refractivity contribution is 6.32. The van der Waals surface area contributed by atoms with Crippen LogP contribution in [0.2, 0.25) is 0 Å². The number of rotatable bonds is 4. The van der Waals surface area contributed by atoms with Crippen LogP contribution in [-0.2, 0) is 4.79 Å². The second-order valence-corrected chi connectivity index (χ2v) is 7.98. The zero-order valence-electron chi connectivity index (χ0n) is 19.1. The molecule has 10 nitrogen and oxygen atoms in total. The molecule has 2 heterocycles. The van der Waals surface area contributed by atoms with E-state index in [2.05, 4.69) is 16.2 Å². The number of amides is 1. The molecule has 0 atom stereocenters. The van der Waals surface area contributed by atoms with Gasteiger partial charge in [-0.25, -0.2) is 4.98 Å². The Hall–Kier alpha value is -5.04. The van der Waals surface area contributed by atoms with E-state index < -0.39 is 10.8 Å². The summed E-state index contributed by atoms with van der Waals surface area (Å²) in [6, 6.07) is 12.4. The van der Waals surface area contributed by atoms with Crippen molar-refractivity contribution in [2.24, 2.45) is 5.10 Å². The number of carbonyl (C=O) groups excluding carboxylic acids is 1. The molecule has 0 bridgehead atoms. The van der Waals surface area contributed by atoms with Crippen LogP contribution in [0.3, 0.4) is 0 Å². The van der Waals surface area contributed by atoms with E-state index in [-0.39, 0.29) is 22.8 Å². The molecule has 0 saturated heterocycles. The van der Waals surface area contributed by atoms with Crippen LogP contribution >= 0.6 is 0 Å². The fourth-order valence-corrected chi connectivity index (χ4v) is 3.85. The predicted molar refractivity (Wildman–Crippen MR) is 132 cm³/mol. The van der Waals surface area contributed by atoms with Crippen LogP contribution in [0.4, 0.5) is 17.2 Å². The van der Waals surface area contributed by atoms with Crippen LogP contribution in [0.1, 0.15) is 29.3 Å². The highest BCUT2D eigenvalue weighted by atomic mass is 16.6. The molecule has 3 N–H and O–H groups in total. The highest BCUT2D eigenvalue weighted by Crippen LogP contribution is 2.38. The topological polar surface area (TPSA) is 159 Å². The summed E-state index contributed by atoms with van der Waals surface area (Å²) in [7, 11) is 0. The molecule has 1 aromatic heterocycles. The Kier molecular flexibility index (Phi) is 5.76. The number of benzene rings is 2. The maximum atomic E-state index is 13.1. The van der Waals surface area contributed by atoms with Crippen molar-refractivity contribution in [3.05, 3.63) is 80.5 Å². The zero-order valence-corrected chi connectivity index (χ0v) is 19.1. The number of hydrogen-bond acceptors (Lipinski definition) is 8. The number of nitriles is 1. The maximum absolute atomic E-state index is 13.1. The number of non-ortho nitro benzene ring substituents is 1. The number of phenols is 1. The maximum Gasteiger partial charge on any atom is 0.280 e. The molecule has 4 rings (SSSR count). The van der Waals surface area contributed by atoms with Gasteiger partial charge in [-0.05, 0) is 62.2 Å². The van der Waals surface area contributed by atoms with E-state index >= 15 is 0 Å². The first-order valence-corrected chi connectivity index (χ1v) is 10.5. The van der Waals surface area contributed by atoms with Crippen LogP contribution in [0.15, 0.2) is 53.1 Å². The number of nitro groups is 1. The number of hydrazone groups is 1. The molecule has 35 heavy (non-hydrogen) atoms. The molecule has 1 amide bonds. The van der Waals surface area contributed by atoms with Crippen molar-refractivity contribution in [2.75, 3.05) is 10.7 Å². The molecule has 0 aliphatic carbocycles. The largest absolute Gasteiger partial charge is 0.507 e. The van der Waals surface area contributed by atoms with Gasteiger partial charge in [0.15, 0.2) is 0 Å². The Bertz CT molecular complexity index is 1500. The number of aromatic nitrogens is 1. The SMILES string of the molecule is CC1=NN(c2ccc([N+](=O)[O-])cc2)C(=O)C1=Cc1ccc(O)c(-c2c(C)c(C)nc(N)c2C#N)c1. The molecule has 0 radical (unpaired) electrons. The first-order valence-electron chi connectivity index (χ1n) is 10.5. The number of nitrogens with two attached hydrogens (primary N) is 1. The molecule has 1 aliphatic rings. The van der Waals surface area contributed by atoms with Crippen LogP contribution in [0.25, 0.3) is 17.2 Å². The van der Waals surface area contributed by atoms with E-state index in [0.29, 0.717) is 44.9 Å². The van der Waals surface area contributed by atoms with Gasteiger partial charge in [-0.15, -0.1) is 0 Å².